The number of hydrogen-bond acceptors (Lipinski definition) is 6. The summed E-state index contributed by atoms with van der Waals surface area (Å²) < 4.78 is 0. The fourth-order valence-electron chi connectivity index (χ4n) is 2.62. The number of aliphatic hydroxyl groups excluding tert-OH is 1. The van der Waals surface area contributed by atoms with Crippen molar-refractivity contribution in [3.8, 4) is 0 Å². The predicted molar refractivity (Wildman–Crippen MR) is 105 cm³/mol. The van der Waals surface area contributed by atoms with Crippen LogP contribution in [0.25, 0.3) is 0 Å². The number of nitrogens with one attached hydrogen (secondary N) is 4. The Morgan fingerprint density at radius 2 is 1.50 bits per heavy atom. The molecule has 0 aliphatic carbocycles. The van der Waals surface area contributed by atoms with E-state index >= 15 is 0 Å². The van der Waals surface area contributed by atoms with Crippen LogP contribution in [0.3, 0.4) is 0 Å². The zero-order valence-electron chi connectivity index (χ0n) is 17.2. The molecule has 0 fully saturated rings. The smallest absolute Gasteiger partial charge is 0.245 e. The van der Waals surface area contributed by atoms with Crippen LogP contribution in [0.1, 0.15) is 46.5 Å². The van der Waals surface area contributed by atoms with Crippen molar-refractivity contribution < 1.29 is 24.3 Å². The molecule has 10 nitrogen and oxygen atoms in total. The third-order valence-corrected chi connectivity index (χ3v) is 4.05. The maximum atomic E-state index is 12.7. The molecule has 0 spiro atoms. The average molecular weight is 402 g/mol. The fourth-order valence-corrected chi connectivity index (χ4v) is 2.62. The molecule has 10 heteroatoms. The lowest BCUT2D eigenvalue weighted by Gasteiger charge is -2.24. The molecule has 0 unspecified atom stereocenters. The lowest BCUT2D eigenvalue weighted by Crippen LogP contribution is -2.57. The molecule has 162 valence electrons. The second-order valence-corrected chi connectivity index (χ2v) is 7.19. The van der Waals surface area contributed by atoms with Crippen molar-refractivity contribution in [3.63, 3.8) is 0 Å². The molecule has 0 aromatic carbocycles. The second kappa shape index (κ2) is 13.9. The molecule has 0 aliphatic rings. The van der Waals surface area contributed by atoms with Gasteiger partial charge in [-0.25, -0.2) is 0 Å². The third kappa shape index (κ3) is 10.8. The molecule has 0 aromatic heterocycles. The van der Waals surface area contributed by atoms with Gasteiger partial charge in [0.1, 0.15) is 18.1 Å². The number of aliphatic hydroxyl groups is 1. The van der Waals surface area contributed by atoms with Crippen LogP contribution in [0.5, 0.6) is 0 Å². The SMILES string of the molecule is CNCCCC[C@H](NC(=O)[C@H](CO)NC(C)=O)C(=O)N[C@@H](CC(C)C)C(N)=O. The van der Waals surface area contributed by atoms with Gasteiger partial charge in [-0.3, -0.25) is 19.2 Å². The van der Waals surface area contributed by atoms with E-state index in [1.807, 2.05) is 20.9 Å². The third-order valence-electron chi connectivity index (χ3n) is 4.05. The van der Waals surface area contributed by atoms with Gasteiger partial charge in [-0.2, -0.15) is 0 Å². The number of unbranched alkanes of at least 4 members (excludes halogenated alkanes) is 1. The van der Waals surface area contributed by atoms with Gasteiger partial charge in [0.2, 0.25) is 23.6 Å². The number of carbonyl (C=O) groups is 4. The predicted octanol–water partition coefficient (Wildman–Crippen LogP) is -1.63. The van der Waals surface area contributed by atoms with Gasteiger partial charge in [-0.05, 0) is 45.2 Å². The molecule has 3 atom stereocenters. The first-order chi connectivity index (χ1) is 13.1. The van der Waals surface area contributed by atoms with E-state index in [1.54, 1.807) is 0 Å². The van der Waals surface area contributed by atoms with Crippen LogP contribution in [0, 0.1) is 5.92 Å². The summed E-state index contributed by atoms with van der Waals surface area (Å²) in [5, 5.41) is 19.8. The molecule has 0 aliphatic heterocycles. The van der Waals surface area contributed by atoms with Crippen LogP contribution in [0.2, 0.25) is 0 Å². The Balaban J connectivity index is 5.15. The molecule has 4 amide bonds. The maximum absolute atomic E-state index is 12.7. The van der Waals surface area contributed by atoms with Gasteiger partial charge in [0.05, 0.1) is 6.61 Å². The molecule has 0 bridgehead atoms. The summed E-state index contributed by atoms with van der Waals surface area (Å²) in [6.45, 7) is 5.18. The molecule has 7 N–H and O–H groups in total. The minimum Gasteiger partial charge on any atom is -0.394 e. The highest BCUT2D eigenvalue weighted by atomic mass is 16.3. The quantitative estimate of drug-likeness (QED) is 0.192. The van der Waals surface area contributed by atoms with Crippen LogP contribution in [-0.2, 0) is 19.2 Å². The number of rotatable bonds is 14. The summed E-state index contributed by atoms with van der Waals surface area (Å²) in [5.41, 5.74) is 5.37. The Morgan fingerprint density at radius 3 is 1.96 bits per heavy atom. The van der Waals surface area contributed by atoms with E-state index in [-0.39, 0.29) is 5.92 Å². The van der Waals surface area contributed by atoms with Gasteiger partial charge >= 0.3 is 0 Å². The largest absolute Gasteiger partial charge is 0.394 e. The molecular weight excluding hydrogens is 366 g/mol. The lowest BCUT2D eigenvalue weighted by molar-refractivity contribution is -0.133. The zero-order valence-corrected chi connectivity index (χ0v) is 17.2. The summed E-state index contributed by atoms with van der Waals surface area (Å²) in [5.74, 6) is -2.18. The number of hydrogen-bond donors (Lipinski definition) is 6. The van der Waals surface area contributed by atoms with Gasteiger partial charge in [0, 0.05) is 6.92 Å². The number of primary amides is 1. The number of nitrogens with two attached hydrogens (primary N) is 1. The van der Waals surface area contributed by atoms with Crippen LogP contribution in [0.4, 0.5) is 0 Å². The normalized spacial score (nSPS) is 14.1. The number of amides is 4. The van der Waals surface area contributed by atoms with Crippen molar-refractivity contribution in [2.24, 2.45) is 11.7 Å². The minimum absolute atomic E-state index is 0.139. The zero-order chi connectivity index (χ0) is 21.7. The van der Waals surface area contributed by atoms with E-state index in [2.05, 4.69) is 21.3 Å². The lowest BCUT2D eigenvalue weighted by atomic mass is 10.0. The molecule has 0 saturated heterocycles. The van der Waals surface area contributed by atoms with Crippen LogP contribution < -0.4 is 27.0 Å². The monoisotopic (exact) mass is 401 g/mol. The maximum Gasteiger partial charge on any atom is 0.245 e. The summed E-state index contributed by atoms with van der Waals surface area (Å²) in [6, 6.07) is -2.91. The minimum atomic E-state index is -1.16. The molecule has 0 saturated carbocycles. The van der Waals surface area contributed by atoms with Crippen molar-refractivity contribution >= 4 is 23.6 Å². The summed E-state index contributed by atoms with van der Waals surface area (Å²) in [6.07, 6.45) is 2.16. The van der Waals surface area contributed by atoms with Crippen LogP contribution in [-0.4, -0.2) is 67.1 Å². The Hall–Kier alpha value is -2.20. The van der Waals surface area contributed by atoms with Gasteiger partial charge in [0.25, 0.3) is 0 Å². The molecule has 0 rings (SSSR count). The highest BCUT2D eigenvalue weighted by Crippen LogP contribution is 2.07. The van der Waals surface area contributed by atoms with Gasteiger partial charge in [-0.1, -0.05) is 13.8 Å². The molecule has 28 heavy (non-hydrogen) atoms. The van der Waals surface area contributed by atoms with Crippen LogP contribution >= 0.6 is 0 Å². The van der Waals surface area contributed by atoms with Crippen molar-refractivity contribution in [3.05, 3.63) is 0 Å². The molecule has 0 radical (unpaired) electrons. The number of carbonyl (C=O) groups excluding carboxylic acids is 4. The molecule has 0 aromatic rings. The second-order valence-electron chi connectivity index (χ2n) is 7.19. The Labute approximate surface area is 166 Å². The topological polar surface area (TPSA) is 163 Å². The first-order valence-corrected chi connectivity index (χ1v) is 9.54. The first-order valence-electron chi connectivity index (χ1n) is 9.54. The van der Waals surface area contributed by atoms with Crippen molar-refractivity contribution in [1.29, 1.82) is 0 Å². The van der Waals surface area contributed by atoms with Crippen molar-refractivity contribution in [2.75, 3.05) is 20.2 Å². The van der Waals surface area contributed by atoms with E-state index in [0.29, 0.717) is 19.3 Å². The standard InChI is InChI=1S/C18H35N5O5/c1-11(2)9-14(16(19)26)23-17(27)13(7-5-6-8-20-4)22-18(28)15(10-24)21-12(3)25/h11,13-15,20,24H,5-10H2,1-4H3,(H2,19,26)(H,21,25)(H,22,28)(H,23,27)/t13-,14-,15-/m0/s1. The Morgan fingerprint density at radius 1 is 0.929 bits per heavy atom. The van der Waals surface area contributed by atoms with E-state index < -0.39 is 48.4 Å². The average Bonchev–Trinajstić information content (AvgIpc) is 2.60. The molecular formula is C18H35N5O5. The van der Waals surface area contributed by atoms with E-state index in [9.17, 15) is 24.3 Å². The Kier molecular flexibility index (Phi) is 12.8. The summed E-state index contributed by atoms with van der Waals surface area (Å²) in [7, 11) is 1.81. The van der Waals surface area contributed by atoms with E-state index in [1.165, 1.54) is 6.92 Å². The highest BCUT2D eigenvalue weighted by molar-refractivity contribution is 5.93. The van der Waals surface area contributed by atoms with Gasteiger partial charge < -0.3 is 32.1 Å². The van der Waals surface area contributed by atoms with Crippen LogP contribution in [0.15, 0.2) is 0 Å². The summed E-state index contributed by atoms with van der Waals surface area (Å²) in [4.78, 5) is 47.8. The fraction of sp³-hybridized carbons (Fsp3) is 0.778. The van der Waals surface area contributed by atoms with Crippen molar-refractivity contribution in [2.45, 2.75) is 64.6 Å². The van der Waals surface area contributed by atoms with E-state index in [0.717, 1.165) is 13.0 Å². The highest BCUT2D eigenvalue weighted by Gasteiger charge is 2.28. The van der Waals surface area contributed by atoms with Gasteiger partial charge in [0.15, 0.2) is 0 Å². The van der Waals surface area contributed by atoms with E-state index in [4.69, 9.17) is 5.73 Å². The van der Waals surface area contributed by atoms with Crippen molar-refractivity contribution in [1.82, 2.24) is 21.3 Å². The summed E-state index contributed by atoms with van der Waals surface area (Å²) >= 11 is 0. The molecule has 0 heterocycles. The van der Waals surface area contributed by atoms with Gasteiger partial charge in [-0.15, -0.1) is 0 Å². The Bertz CT molecular complexity index is 526. The first kappa shape index (κ1) is 25.8.